The number of carbonyl (C=O) groups is 1. The van der Waals surface area contributed by atoms with Crippen molar-refractivity contribution in [2.75, 3.05) is 0 Å². The van der Waals surface area contributed by atoms with Crippen LogP contribution in [0.25, 0.3) is 0 Å². The van der Waals surface area contributed by atoms with E-state index in [0.717, 1.165) is 0 Å². The van der Waals surface area contributed by atoms with Crippen LogP contribution >= 0.6 is 34.5 Å². The molecule has 122 valence electrons. The van der Waals surface area contributed by atoms with Gasteiger partial charge in [0.15, 0.2) is 6.10 Å². The zero-order valence-electron chi connectivity index (χ0n) is 11.7. The summed E-state index contributed by atoms with van der Waals surface area (Å²) in [5.74, 6) is -1.02. The van der Waals surface area contributed by atoms with Crippen LogP contribution in [-0.2, 0) is 21.1 Å². The first-order valence-corrected chi connectivity index (χ1v) is 9.55. The molecule has 2 aromatic rings. The molecule has 1 unspecified atom stereocenters. The molecule has 0 fully saturated rings. The molecule has 1 aliphatic heterocycles. The number of hydrogen-bond donors (Lipinski definition) is 1. The number of aryl methyl sites for hydroxylation is 1. The van der Waals surface area contributed by atoms with Crippen molar-refractivity contribution in [3.8, 4) is 5.75 Å². The van der Waals surface area contributed by atoms with E-state index in [9.17, 15) is 13.2 Å². The van der Waals surface area contributed by atoms with Crippen LogP contribution in [0.3, 0.4) is 0 Å². The van der Waals surface area contributed by atoms with E-state index in [0.29, 0.717) is 10.4 Å². The molecule has 1 aliphatic rings. The molecule has 2 heterocycles. The fourth-order valence-electron chi connectivity index (χ4n) is 2.40. The summed E-state index contributed by atoms with van der Waals surface area (Å²) in [6, 6.07) is 2.85. The number of hydrogen-bond acceptors (Lipinski definition) is 5. The molecule has 1 aromatic carbocycles. The molecule has 0 aliphatic carbocycles. The van der Waals surface area contributed by atoms with Gasteiger partial charge in [-0.2, -0.15) is 0 Å². The molecular formula is C14H10Cl2O5S2. The Kier molecular flexibility index (Phi) is 4.08. The average molecular weight is 393 g/mol. The zero-order chi connectivity index (χ0) is 16.9. The Morgan fingerprint density at radius 1 is 1.35 bits per heavy atom. The Morgan fingerprint density at radius 2 is 2.04 bits per heavy atom. The average Bonchev–Trinajstić information content (AvgIpc) is 3.09. The maximum absolute atomic E-state index is 12.8. The van der Waals surface area contributed by atoms with Crippen molar-refractivity contribution in [1.29, 1.82) is 0 Å². The highest BCUT2D eigenvalue weighted by atomic mass is 35.5. The van der Waals surface area contributed by atoms with Crippen LogP contribution in [-0.4, -0.2) is 25.6 Å². The van der Waals surface area contributed by atoms with Gasteiger partial charge in [0, 0.05) is 16.9 Å². The van der Waals surface area contributed by atoms with Crippen LogP contribution < -0.4 is 4.74 Å². The lowest BCUT2D eigenvalue weighted by atomic mass is 10.1. The third-order valence-electron chi connectivity index (χ3n) is 3.54. The third-order valence-corrected chi connectivity index (χ3v) is 7.40. The number of aliphatic carboxylic acids is 1. The molecule has 3 rings (SSSR count). The molecule has 5 nitrogen and oxygen atoms in total. The summed E-state index contributed by atoms with van der Waals surface area (Å²) in [7, 11) is -3.85. The van der Waals surface area contributed by atoms with Crippen LogP contribution in [0, 0.1) is 6.92 Å². The van der Waals surface area contributed by atoms with Crippen molar-refractivity contribution < 1.29 is 23.1 Å². The lowest BCUT2D eigenvalue weighted by Crippen LogP contribution is -2.24. The summed E-state index contributed by atoms with van der Waals surface area (Å²) >= 11 is 13.5. The largest absolute Gasteiger partial charge is 0.478 e. The van der Waals surface area contributed by atoms with Crippen LogP contribution in [0.1, 0.15) is 10.4 Å². The van der Waals surface area contributed by atoms with Gasteiger partial charge in [0.1, 0.15) is 10.8 Å². The quantitative estimate of drug-likeness (QED) is 0.862. The van der Waals surface area contributed by atoms with Crippen molar-refractivity contribution >= 4 is 50.3 Å². The molecule has 23 heavy (non-hydrogen) atoms. The van der Waals surface area contributed by atoms with Crippen molar-refractivity contribution in [3.63, 3.8) is 0 Å². The second kappa shape index (κ2) is 5.66. The molecule has 9 heteroatoms. The smallest absolute Gasteiger partial charge is 0.345 e. The number of ether oxygens (including phenoxy) is 1. The summed E-state index contributed by atoms with van der Waals surface area (Å²) < 4.78 is 30.9. The van der Waals surface area contributed by atoms with Crippen molar-refractivity contribution in [2.24, 2.45) is 0 Å². The van der Waals surface area contributed by atoms with Gasteiger partial charge in [-0.05, 0) is 24.4 Å². The number of sulfone groups is 1. The molecule has 0 radical (unpaired) electrons. The SMILES string of the molecule is Cc1sccc1S(=O)(=O)c1cc2c(c(Cl)c1Cl)OC(C(=O)O)C2. The predicted octanol–water partition coefficient (Wildman–Crippen LogP) is 3.58. The summed E-state index contributed by atoms with van der Waals surface area (Å²) in [5, 5.41) is 10.5. The predicted molar refractivity (Wildman–Crippen MR) is 86.7 cm³/mol. The van der Waals surface area contributed by atoms with Gasteiger partial charge in [0.2, 0.25) is 9.84 Å². The van der Waals surface area contributed by atoms with Crippen molar-refractivity contribution in [3.05, 3.63) is 38.0 Å². The topological polar surface area (TPSA) is 80.7 Å². The summed E-state index contributed by atoms with van der Waals surface area (Å²) in [5.41, 5.74) is 0.415. The lowest BCUT2D eigenvalue weighted by Gasteiger charge is -2.11. The second-order valence-electron chi connectivity index (χ2n) is 4.98. The van der Waals surface area contributed by atoms with E-state index < -0.39 is 21.9 Å². The van der Waals surface area contributed by atoms with Gasteiger partial charge in [-0.3, -0.25) is 0 Å². The highest BCUT2D eigenvalue weighted by Crippen LogP contribution is 2.45. The summed E-state index contributed by atoms with van der Waals surface area (Å²) in [4.78, 5) is 11.7. The molecule has 0 saturated carbocycles. The van der Waals surface area contributed by atoms with Gasteiger partial charge in [-0.15, -0.1) is 11.3 Å². The Balaban J connectivity index is 2.17. The van der Waals surface area contributed by atoms with Crippen LogP contribution in [0.5, 0.6) is 5.75 Å². The third kappa shape index (κ3) is 2.61. The first kappa shape index (κ1) is 16.6. The van der Waals surface area contributed by atoms with Crippen LogP contribution in [0.2, 0.25) is 10.0 Å². The number of halogens is 2. The Bertz CT molecular complexity index is 917. The monoisotopic (exact) mass is 392 g/mol. The highest BCUT2D eigenvalue weighted by Gasteiger charge is 2.35. The minimum Gasteiger partial charge on any atom is -0.478 e. The van der Waals surface area contributed by atoms with Crippen LogP contribution in [0.15, 0.2) is 27.3 Å². The zero-order valence-corrected chi connectivity index (χ0v) is 14.8. The fourth-order valence-corrected chi connectivity index (χ4v) is 5.82. The summed E-state index contributed by atoms with van der Waals surface area (Å²) in [6.07, 6.45) is -1.06. The van der Waals surface area contributed by atoms with Gasteiger partial charge in [-0.1, -0.05) is 23.2 Å². The van der Waals surface area contributed by atoms with Crippen LogP contribution in [0.4, 0.5) is 0 Å². The van der Waals surface area contributed by atoms with Gasteiger partial charge >= 0.3 is 5.97 Å². The normalized spacial score (nSPS) is 16.9. The molecule has 1 aromatic heterocycles. The van der Waals surface area contributed by atoms with E-state index in [1.807, 2.05) is 0 Å². The van der Waals surface area contributed by atoms with E-state index >= 15 is 0 Å². The van der Waals surface area contributed by atoms with E-state index in [1.165, 1.54) is 23.5 Å². The van der Waals surface area contributed by atoms with Gasteiger partial charge < -0.3 is 9.84 Å². The lowest BCUT2D eigenvalue weighted by molar-refractivity contribution is -0.144. The minimum absolute atomic E-state index is 0.0344. The van der Waals surface area contributed by atoms with Gasteiger partial charge in [0.05, 0.1) is 14.8 Å². The number of carboxylic acids is 1. The number of carboxylic acid groups (broad SMARTS) is 1. The number of fused-ring (bicyclic) bond motifs is 1. The standard InChI is InChI=1S/C14H10Cl2O5S2/c1-6-9(2-3-22-6)23(19,20)10-5-7-4-8(14(17)18)21-13(7)12(16)11(10)15/h2-3,5,8H,4H2,1H3,(H,17,18). The Morgan fingerprint density at radius 3 is 2.61 bits per heavy atom. The number of benzene rings is 1. The second-order valence-corrected chi connectivity index (χ2v) is 8.75. The molecule has 0 bridgehead atoms. The first-order valence-electron chi connectivity index (χ1n) is 6.43. The minimum atomic E-state index is -3.85. The summed E-state index contributed by atoms with van der Waals surface area (Å²) in [6.45, 7) is 1.70. The molecular weight excluding hydrogens is 383 g/mol. The molecule has 0 amide bonds. The molecule has 0 spiro atoms. The first-order chi connectivity index (χ1) is 10.7. The Labute approximate surface area is 146 Å². The van der Waals surface area contributed by atoms with Gasteiger partial charge in [-0.25, -0.2) is 13.2 Å². The van der Waals surface area contributed by atoms with Crippen molar-refractivity contribution in [2.45, 2.75) is 29.2 Å². The Hall–Kier alpha value is -1.28. The maximum atomic E-state index is 12.8. The highest BCUT2D eigenvalue weighted by molar-refractivity contribution is 7.91. The molecule has 1 N–H and O–H groups in total. The van der Waals surface area contributed by atoms with Crippen molar-refractivity contribution in [1.82, 2.24) is 0 Å². The number of thiophene rings is 1. The van der Waals surface area contributed by atoms with E-state index in [1.54, 1.807) is 12.3 Å². The van der Waals surface area contributed by atoms with Gasteiger partial charge in [0.25, 0.3) is 0 Å². The fraction of sp³-hybridized carbons (Fsp3) is 0.214. The van der Waals surface area contributed by atoms with E-state index in [2.05, 4.69) is 0 Å². The van der Waals surface area contributed by atoms with E-state index in [-0.39, 0.29) is 32.0 Å². The maximum Gasteiger partial charge on any atom is 0.345 e. The molecule has 0 saturated heterocycles. The number of rotatable bonds is 3. The molecule has 1 atom stereocenters. The van der Waals surface area contributed by atoms with E-state index in [4.69, 9.17) is 33.0 Å².